The van der Waals surface area contributed by atoms with Gasteiger partial charge in [0, 0.05) is 41.0 Å². The molecule has 0 radical (unpaired) electrons. The molecule has 0 saturated carbocycles. The van der Waals surface area contributed by atoms with E-state index in [1.807, 2.05) is 12.1 Å². The maximum atomic E-state index is 11.1. The molecule has 36 heavy (non-hydrogen) atoms. The van der Waals surface area contributed by atoms with Crippen molar-refractivity contribution in [1.82, 2.24) is 19.9 Å². The molecular weight excluding hydrogens is 464 g/mol. The normalized spacial score (nSPS) is 10.8. The number of hydrogen-bond donors (Lipinski definition) is 3. The highest BCUT2D eigenvalue weighted by atomic mass is 16.5. The number of pyridine rings is 4. The van der Waals surface area contributed by atoms with E-state index in [0.29, 0.717) is 45.2 Å². The number of methoxy groups -OCH3 is 2. The number of carboxylic acid groups (broad SMARTS) is 1. The Balaban J connectivity index is 1.59. The SMILES string of the molecule is COc1cc2ncc3c(N)nc(-c4cncc(Oc5cccnc5NC(=O)O)c4)cc3c2cc1OC. The zero-order valence-corrected chi connectivity index (χ0v) is 19.2. The average molecular weight is 484 g/mol. The molecule has 1 aromatic carbocycles. The van der Waals surface area contributed by atoms with Crippen molar-refractivity contribution in [3.8, 4) is 34.3 Å². The Morgan fingerprint density at radius 2 is 1.75 bits per heavy atom. The Morgan fingerprint density at radius 3 is 2.53 bits per heavy atom. The van der Waals surface area contributed by atoms with Crippen LogP contribution in [-0.2, 0) is 0 Å². The van der Waals surface area contributed by atoms with Crippen LogP contribution in [0, 0.1) is 0 Å². The Morgan fingerprint density at radius 1 is 0.944 bits per heavy atom. The van der Waals surface area contributed by atoms with Crippen molar-refractivity contribution < 1.29 is 24.1 Å². The largest absolute Gasteiger partial charge is 0.493 e. The molecule has 0 fully saturated rings. The van der Waals surface area contributed by atoms with Gasteiger partial charge in [-0.2, -0.15) is 0 Å². The smallest absolute Gasteiger partial charge is 0.410 e. The first-order valence-electron chi connectivity index (χ1n) is 10.7. The molecule has 0 aliphatic carbocycles. The zero-order valence-electron chi connectivity index (χ0n) is 19.2. The van der Waals surface area contributed by atoms with Gasteiger partial charge in [0.2, 0.25) is 0 Å². The highest BCUT2D eigenvalue weighted by Crippen LogP contribution is 2.37. The van der Waals surface area contributed by atoms with Crippen molar-refractivity contribution in [1.29, 1.82) is 0 Å². The predicted octanol–water partition coefficient (Wildman–Crippen LogP) is 4.72. The van der Waals surface area contributed by atoms with Crippen LogP contribution in [0.3, 0.4) is 0 Å². The molecule has 0 saturated heterocycles. The van der Waals surface area contributed by atoms with Gasteiger partial charge in [-0.1, -0.05) is 0 Å². The number of nitrogens with zero attached hydrogens (tertiary/aromatic N) is 4. The van der Waals surface area contributed by atoms with Crippen LogP contribution in [0.2, 0.25) is 0 Å². The van der Waals surface area contributed by atoms with E-state index in [9.17, 15) is 4.79 Å². The number of amides is 1. The van der Waals surface area contributed by atoms with Crippen molar-refractivity contribution in [2.24, 2.45) is 0 Å². The summed E-state index contributed by atoms with van der Waals surface area (Å²) in [6.45, 7) is 0. The van der Waals surface area contributed by atoms with Gasteiger partial charge in [-0.15, -0.1) is 0 Å². The number of aromatic nitrogens is 4. The minimum Gasteiger partial charge on any atom is -0.493 e. The second kappa shape index (κ2) is 9.22. The fourth-order valence-electron chi connectivity index (χ4n) is 3.82. The van der Waals surface area contributed by atoms with Crippen LogP contribution in [0.1, 0.15) is 0 Å². The van der Waals surface area contributed by atoms with Crippen LogP contribution in [0.15, 0.2) is 61.2 Å². The molecule has 5 rings (SSSR count). The number of nitrogens with one attached hydrogen (secondary N) is 1. The number of carbonyl (C=O) groups is 1. The molecule has 0 bridgehead atoms. The Hall–Kier alpha value is -5.19. The van der Waals surface area contributed by atoms with Gasteiger partial charge < -0.3 is 25.1 Å². The molecule has 0 aliphatic heterocycles. The Bertz CT molecular complexity index is 1620. The van der Waals surface area contributed by atoms with E-state index in [0.717, 1.165) is 10.8 Å². The van der Waals surface area contributed by atoms with Crippen LogP contribution in [0.25, 0.3) is 32.9 Å². The molecule has 4 aromatic heterocycles. The third-order valence-electron chi connectivity index (χ3n) is 5.45. The number of nitrogens with two attached hydrogens (primary N) is 1. The monoisotopic (exact) mass is 484 g/mol. The van der Waals surface area contributed by atoms with Crippen LogP contribution in [0.4, 0.5) is 16.4 Å². The minimum absolute atomic E-state index is 0.0619. The van der Waals surface area contributed by atoms with Gasteiger partial charge in [-0.3, -0.25) is 15.3 Å². The number of hydrogen-bond acceptors (Lipinski definition) is 9. The Labute approximate surface area is 204 Å². The number of ether oxygens (including phenoxy) is 3. The van der Waals surface area contributed by atoms with E-state index in [1.54, 1.807) is 50.9 Å². The molecule has 0 aliphatic rings. The van der Waals surface area contributed by atoms with Crippen molar-refractivity contribution in [2.45, 2.75) is 0 Å². The lowest BCUT2D eigenvalue weighted by Gasteiger charge is -2.13. The molecule has 11 nitrogen and oxygen atoms in total. The van der Waals surface area contributed by atoms with E-state index in [4.69, 9.17) is 25.1 Å². The van der Waals surface area contributed by atoms with Gasteiger partial charge in [0.25, 0.3) is 0 Å². The van der Waals surface area contributed by atoms with Crippen molar-refractivity contribution in [3.63, 3.8) is 0 Å². The van der Waals surface area contributed by atoms with Crippen molar-refractivity contribution in [2.75, 3.05) is 25.3 Å². The average Bonchev–Trinajstić information content (AvgIpc) is 2.88. The summed E-state index contributed by atoms with van der Waals surface area (Å²) in [4.78, 5) is 28.4. The van der Waals surface area contributed by atoms with Gasteiger partial charge >= 0.3 is 6.09 Å². The number of anilines is 2. The Kier molecular flexibility index (Phi) is 5.79. The quantitative estimate of drug-likeness (QED) is 0.288. The van der Waals surface area contributed by atoms with Crippen molar-refractivity contribution in [3.05, 3.63) is 61.2 Å². The lowest BCUT2D eigenvalue weighted by atomic mass is 10.0. The number of fused-ring (bicyclic) bond motifs is 3. The third kappa shape index (κ3) is 4.20. The first-order valence-corrected chi connectivity index (χ1v) is 10.7. The van der Waals surface area contributed by atoms with Gasteiger partial charge in [0.1, 0.15) is 11.6 Å². The van der Waals surface area contributed by atoms with Crippen molar-refractivity contribution >= 4 is 39.4 Å². The molecule has 180 valence electrons. The number of benzene rings is 1. The lowest BCUT2D eigenvalue weighted by molar-refractivity contribution is 0.209. The molecular formula is C25H20N6O5. The fourth-order valence-corrected chi connectivity index (χ4v) is 3.82. The van der Waals surface area contributed by atoms with Crippen LogP contribution in [-0.4, -0.2) is 45.4 Å². The maximum Gasteiger partial charge on any atom is 0.410 e. The summed E-state index contributed by atoms with van der Waals surface area (Å²) in [6.07, 6.45) is 5.01. The zero-order chi connectivity index (χ0) is 25.2. The van der Waals surface area contributed by atoms with Crippen LogP contribution < -0.4 is 25.3 Å². The molecule has 0 spiro atoms. The van der Waals surface area contributed by atoms with Gasteiger partial charge in [0.15, 0.2) is 23.1 Å². The molecule has 1 amide bonds. The maximum absolute atomic E-state index is 11.1. The summed E-state index contributed by atoms with van der Waals surface area (Å²) in [5, 5.41) is 13.6. The summed E-state index contributed by atoms with van der Waals surface area (Å²) < 4.78 is 16.7. The summed E-state index contributed by atoms with van der Waals surface area (Å²) >= 11 is 0. The summed E-state index contributed by atoms with van der Waals surface area (Å²) in [6, 6.07) is 10.5. The summed E-state index contributed by atoms with van der Waals surface area (Å²) in [5.41, 5.74) is 8.23. The highest BCUT2D eigenvalue weighted by molar-refractivity contribution is 6.10. The van der Waals surface area contributed by atoms with E-state index < -0.39 is 6.09 Å². The molecule has 5 aromatic rings. The molecule has 4 heterocycles. The second-order valence-electron chi connectivity index (χ2n) is 7.63. The molecule has 11 heteroatoms. The fraction of sp³-hybridized carbons (Fsp3) is 0.0800. The first kappa shape index (κ1) is 22.6. The topological polar surface area (TPSA) is 155 Å². The summed E-state index contributed by atoms with van der Waals surface area (Å²) in [5.74, 6) is 2.09. The van der Waals surface area contributed by atoms with E-state index >= 15 is 0 Å². The molecule has 0 unspecified atom stereocenters. The second-order valence-corrected chi connectivity index (χ2v) is 7.63. The van der Waals surface area contributed by atoms with Gasteiger partial charge in [0.05, 0.1) is 31.6 Å². The molecule has 0 atom stereocenters. The van der Waals surface area contributed by atoms with Crippen LogP contribution in [0.5, 0.6) is 23.0 Å². The standard InChI is InChI=1S/C25H20N6O5/c1-34-21-8-16-15-7-18(30-23(26)17(15)12-29-19(16)9-22(21)35-2)13-6-14(11-27-10-13)36-20-4-3-5-28-24(20)31-25(32)33/h3-12H,1-2H3,(H2,26,30)(H,28,31)(H,32,33). The van der Waals surface area contributed by atoms with Crippen LogP contribution >= 0.6 is 0 Å². The highest BCUT2D eigenvalue weighted by Gasteiger charge is 2.15. The van der Waals surface area contributed by atoms with E-state index in [2.05, 4.69) is 25.3 Å². The molecule has 4 N–H and O–H groups in total. The lowest BCUT2D eigenvalue weighted by Crippen LogP contribution is -2.09. The predicted molar refractivity (Wildman–Crippen MR) is 134 cm³/mol. The van der Waals surface area contributed by atoms with E-state index in [-0.39, 0.29) is 11.6 Å². The third-order valence-corrected chi connectivity index (χ3v) is 5.45. The summed E-state index contributed by atoms with van der Waals surface area (Å²) in [7, 11) is 3.14. The van der Waals surface area contributed by atoms with Gasteiger partial charge in [-0.05, 0) is 35.7 Å². The number of rotatable bonds is 6. The number of nitrogen functional groups attached to an aromatic ring is 1. The first-order chi connectivity index (χ1) is 17.5. The van der Waals surface area contributed by atoms with Gasteiger partial charge in [-0.25, -0.2) is 14.8 Å². The van der Waals surface area contributed by atoms with E-state index in [1.165, 1.54) is 12.4 Å². The minimum atomic E-state index is -1.25.